The zero-order valence-corrected chi connectivity index (χ0v) is 13.0. The molecule has 1 nitrogen and oxygen atoms in total. The summed E-state index contributed by atoms with van der Waals surface area (Å²) in [6.45, 7) is 1.90. The van der Waals surface area contributed by atoms with Crippen LogP contribution >= 0.6 is 15.9 Å². The Hall–Kier alpha value is -1.49. The number of nitrogens with one attached hydrogen (secondary N) is 1. The highest BCUT2D eigenvalue weighted by Gasteiger charge is 2.32. The number of aryl methyl sites for hydroxylation is 1. The lowest BCUT2D eigenvalue weighted by atomic mass is 10.0. The minimum atomic E-state index is -4.23. The molecule has 0 aliphatic rings. The van der Waals surface area contributed by atoms with Gasteiger partial charge in [-0.3, -0.25) is 0 Å². The summed E-state index contributed by atoms with van der Waals surface area (Å²) in [6.07, 6.45) is -5.15. The van der Waals surface area contributed by atoms with Gasteiger partial charge in [-0.1, -0.05) is 36.4 Å². The van der Waals surface area contributed by atoms with Crippen molar-refractivity contribution in [2.24, 2.45) is 0 Å². The fourth-order valence-corrected chi connectivity index (χ4v) is 2.47. The van der Waals surface area contributed by atoms with Crippen LogP contribution in [0.25, 0.3) is 0 Å². The van der Waals surface area contributed by atoms with Crippen molar-refractivity contribution in [1.29, 1.82) is 0 Å². The van der Waals surface area contributed by atoms with Crippen LogP contribution in [0.5, 0.6) is 0 Å². The average molecular weight is 358 g/mol. The predicted molar refractivity (Wildman–Crippen MR) is 82.4 cm³/mol. The summed E-state index contributed by atoms with van der Waals surface area (Å²) in [5.74, 6) is 0. The summed E-state index contributed by atoms with van der Waals surface area (Å²) >= 11 is 3.37. The monoisotopic (exact) mass is 357 g/mol. The smallest absolute Gasteiger partial charge is 0.377 e. The first-order chi connectivity index (χ1) is 9.85. The number of anilines is 1. The molecule has 0 aromatic heterocycles. The molecule has 0 aliphatic carbocycles. The van der Waals surface area contributed by atoms with Gasteiger partial charge in [0, 0.05) is 10.2 Å². The summed E-state index contributed by atoms with van der Waals surface area (Å²) in [6, 6.07) is 13.4. The number of halogens is 4. The molecule has 0 radical (unpaired) electrons. The largest absolute Gasteiger partial charge is 0.391 e. The molecule has 2 rings (SSSR count). The standard InChI is InChI=1S/C16H15BrF3N/c1-11-7-8-13(17)14(9-11)21-15(10-16(18,19)20)12-5-3-2-4-6-12/h2-9,15,21H,10H2,1H3. The van der Waals surface area contributed by atoms with E-state index in [4.69, 9.17) is 0 Å². The molecule has 2 aromatic carbocycles. The van der Waals surface area contributed by atoms with Gasteiger partial charge in [-0.05, 0) is 46.1 Å². The number of alkyl halides is 3. The molecule has 0 bridgehead atoms. The molecular weight excluding hydrogens is 343 g/mol. The summed E-state index contributed by atoms with van der Waals surface area (Å²) in [5.41, 5.74) is 2.26. The van der Waals surface area contributed by atoms with E-state index in [1.807, 2.05) is 25.1 Å². The Morgan fingerprint density at radius 2 is 1.76 bits per heavy atom. The van der Waals surface area contributed by atoms with Crippen molar-refractivity contribution in [3.8, 4) is 0 Å². The van der Waals surface area contributed by atoms with Crippen LogP contribution in [0.1, 0.15) is 23.6 Å². The van der Waals surface area contributed by atoms with Gasteiger partial charge in [-0.25, -0.2) is 0 Å². The summed E-state index contributed by atoms with van der Waals surface area (Å²) < 4.78 is 39.2. The lowest BCUT2D eigenvalue weighted by molar-refractivity contribution is -0.137. The van der Waals surface area contributed by atoms with Crippen molar-refractivity contribution in [3.05, 3.63) is 64.1 Å². The molecule has 1 atom stereocenters. The van der Waals surface area contributed by atoms with Crippen molar-refractivity contribution < 1.29 is 13.2 Å². The third-order valence-electron chi connectivity index (χ3n) is 3.09. The fourth-order valence-electron chi connectivity index (χ4n) is 2.11. The highest BCUT2D eigenvalue weighted by molar-refractivity contribution is 9.10. The van der Waals surface area contributed by atoms with E-state index in [0.717, 1.165) is 10.0 Å². The third kappa shape index (κ3) is 4.77. The Kier molecular flexibility index (Phi) is 4.93. The topological polar surface area (TPSA) is 12.0 Å². The fraction of sp³-hybridized carbons (Fsp3) is 0.250. The number of benzene rings is 2. The number of hydrogen-bond donors (Lipinski definition) is 1. The first-order valence-corrected chi connectivity index (χ1v) is 7.29. The minimum absolute atomic E-state index is 0.614. The van der Waals surface area contributed by atoms with Crippen LogP contribution in [-0.4, -0.2) is 6.18 Å². The van der Waals surface area contributed by atoms with E-state index >= 15 is 0 Å². The molecule has 0 amide bonds. The zero-order chi connectivity index (χ0) is 15.5. The van der Waals surface area contributed by atoms with Gasteiger partial charge >= 0.3 is 6.18 Å². The molecule has 2 aromatic rings. The van der Waals surface area contributed by atoms with Gasteiger partial charge in [-0.2, -0.15) is 13.2 Å². The van der Waals surface area contributed by atoms with Crippen LogP contribution in [-0.2, 0) is 0 Å². The summed E-state index contributed by atoms with van der Waals surface area (Å²) in [7, 11) is 0. The highest BCUT2D eigenvalue weighted by atomic mass is 79.9. The first-order valence-electron chi connectivity index (χ1n) is 6.49. The molecule has 112 valence electrons. The Morgan fingerprint density at radius 1 is 1.10 bits per heavy atom. The third-order valence-corrected chi connectivity index (χ3v) is 3.78. The molecular formula is C16H15BrF3N. The van der Waals surface area contributed by atoms with E-state index in [1.54, 1.807) is 30.3 Å². The Morgan fingerprint density at radius 3 is 2.38 bits per heavy atom. The van der Waals surface area contributed by atoms with Crippen molar-refractivity contribution in [2.45, 2.75) is 25.6 Å². The number of rotatable bonds is 4. The normalized spacial score (nSPS) is 13.0. The van der Waals surface area contributed by atoms with E-state index in [1.165, 1.54) is 0 Å². The highest BCUT2D eigenvalue weighted by Crippen LogP contribution is 2.34. The molecule has 0 saturated carbocycles. The minimum Gasteiger partial charge on any atom is -0.377 e. The molecule has 0 aliphatic heterocycles. The second-order valence-corrected chi connectivity index (χ2v) is 5.76. The lowest BCUT2D eigenvalue weighted by Gasteiger charge is -2.23. The van der Waals surface area contributed by atoms with E-state index in [0.29, 0.717) is 11.3 Å². The van der Waals surface area contributed by atoms with Gasteiger partial charge in [-0.15, -0.1) is 0 Å². The van der Waals surface area contributed by atoms with E-state index in [2.05, 4.69) is 21.2 Å². The van der Waals surface area contributed by atoms with E-state index in [-0.39, 0.29) is 0 Å². The van der Waals surface area contributed by atoms with Gasteiger partial charge in [0.05, 0.1) is 12.5 Å². The van der Waals surface area contributed by atoms with Gasteiger partial charge < -0.3 is 5.32 Å². The van der Waals surface area contributed by atoms with Crippen molar-refractivity contribution in [2.75, 3.05) is 5.32 Å². The van der Waals surface area contributed by atoms with Gasteiger partial charge in [0.15, 0.2) is 0 Å². The molecule has 0 fully saturated rings. The molecule has 0 spiro atoms. The van der Waals surface area contributed by atoms with Crippen LogP contribution in [0.3, 0.4) is 0 Å². The second kappa shape index (κ2) is 6.52. The molecule has 5 heteroatoms. The summed E-state index contributed by atoms with van der Waals surface area (Å²) in [4.78, 5) is 0. The van der Waals surface area contributed by atoms with Gasteiger partial charge in [0.2, 0.25) is 0 Å². The average Bonchev–Trinajstić information content (AvgIpc) is 2.42. The number of hydrogen-bond acceptors (Lipinski definition) is 1. The SMILES string of the molecule is Cc1ccc(Br)c(NC(CC(F)(F)F)c2ccccc2)c1. The maximum Gasteiger partial charge on any atom is 0.391 e. The van der Waals surface area contributed by atoms with Crippen LogP contribution < -0.4 is 5.32 Å². The van der Waals surface area contributed by atoms with Gasteiger partial charge in [0.1, 0.15) is 0 Å². The lowest BCUT2D eigenvalue weighted by Crippen LogP contribution is -2.20. The van der Waals surface area contributed by atoms with Crippen LogP contribution in [0.4, 0.5) is 18.9 Å². The maximum absolute atomic E-state index is 12.8. The van der Waals surface area contributed by atoms with E-state index < -0.39 is 18.6 Å². The Labute approximate surface area is 130 Å². The molecule has 0 heterocycles. The van der Waals surface area contributed by atoms with Crippen molar-refractivity contribution in [1.82, 2.24) is 0 Å². The quantitative estimate of drug-likeness (QED) is 0.722. The summed E-state index contributed by atoms with van der Waals surface area (Å²) in [5, 5.41) is 2.99. The molecule has 0 saturated heterocycles. The van der Waals surface area contributed by atoms with Crippen LogP contribution in [0.2, 0.25) is 0 Å². The van der Waals surface area contributed by atoms with Gasteiger partial charge in [0.25, 0.3) is 0 Å². The molecule has 1 unspecified atom stereocenters. The van der Waals surface area contributed by atoms with Crippen molar-refractivity contribution in [3.63, 3.8) is 0 Å². The van der Waals surface area contributed by atoms with Crippen LogP contribution in [0.15, 0.2) is 53.0 Å². The van der Waals surface area contributed by atoms with E-state index in [9.17, 15) is 13.2 Å². The first kappa shape index (κ1) is 15.9. The predicted octanol–water partition coefficient (Wildman–Crippen LogP) is 5.86. The zero-order valence-electron chi connectivity index (χ0n) is 11.4. The van der Waals surface area contributed by atoms with Crippen molar-refractivity contribution >= 4 is 21.6 Å². The molecule has 1 N–H and O–H groups in total. The Bertz CT molecular complexity index is 596. The van der Waals surface area contributed by atoms with Crippen LogP contribution in [0, 0.1) is 6.92 Å². The Balaban J connectivity index is 2.30. The maximum atomic E-state index is 12.8. The second-order valence-electron chi connectivity index (χ2n) is 4.91. The molecule has 21 heavy (non-hydrogen) atoms.